The summed E-state index contributed by atoms with van der Waals surface area (Å²) in [5, 5.41) is 3.04. The molecular weight excluding hydrogens is 406 g/mol. The molecule has 7 heteroatoms. The van der Waals surface area contributed by atoms with Crippen LogP contribution in [0.1, 0.15) is 24.8 Å². The van der Waals surface area contributed by atoms with Gasteiger partial charge in [0.1, 0.15) is 11.5 Å². The lowest BCUT2D eigenvalue weighted by molar-refractivity contribution is -0.116. The molecule has 1 N–H and O–H groups in total. The Morgan fingerprint density at radius 2 is 1.84 bits per heavy atom. The lowest BCUT2D eigenvalue weighted by Gasteiger charge is -2.28. The molecule has 0 radical (unpaired) electrons. The Morgan fingerprint density at radius 1 is 1.09 bits per heavy atom. The van der Waals surface area contributed by atoms with Gasteiger partial charge in [-0.05, 0) is 55.3 Å². The van der Waals surface area contributed by atoms with Crippen molar-refractivity contribution in [2.75, 3.05) is 57.3 Å². The van der Waals surface area contributed by atoms with Gasteiger partial charge in [0.25, 0.3) is 0 Å². The molecule has 1 saturated carbocycles. The standard InChI is InChI=1S/C25H33N3O4/c1-30-23-9-10-24(31-2)19(17-23)18-28(22-7-8-22)12-11-25(29)26-20-3-5-21(6-4-20)27-13-15-32-16-14-27/h3-6,9-10,17,22H,7-8,11-16,18H2,1-2H3,(H,26,29). The average Bonchev–Trinajstić information content (AvgIpc) is 3.68. The third-order valence-electron chi connectivity index (χ3n) is 6.08. The molecule has 0 bridgehead atoms. The van der Waals surface area contributed by atoms with Crippen LogP contribution < -0.4 is 19.7 Å². The first-order valence-electron chi connectivity index (χ1n) is 11.3. The highest BCUT2D eigenvalue weighted by Crippen LogP contribution is 2.32. The van der Waals surface area contributed by atoms with Crippen LogP contribution in [0.5, 0.6) is 11.5 Å². The molecule has 172 valence electrons. The van der Waals surface area contributed by atoms with E-state index in [0.29, 0.717) is 19.0 Å². The fourth-order valence-corrected chi connectivity index (χ4v) is 4.10. The van der Waals surface area contributed by atoms with E-state index < -0.39 is 0 Å². The van der Waals surface area contributed by atoms with Crippen molar-refractivity contribution in [1.82, 2.24) is 4.90 Å². The maximum absolute atomic E-state index is 12.6. The molecule has 0 aromatic heterocycles. The molecule has 1 aliphatic carbocycles. The minimum absolute atomic E-state index is 0.0346. The molecule has 2 aromatic rings. The number of anilines is 2. The molecule has 2 aromatic carbocycles. The van der Waals surface area contributed by atoms with E-state index in [2.05, 4.69) is 27.2 Å². The SMILES string of the molecule is COc1ccc(OC)c(CN(CCC(=O)Nc2ccc(N3CCOCC3)cc2)C2CC2)c1. The Labute approximate surface area is 190 Å². The first-order chi connectivity index (χ1) is 15.7. The van der Waals surface area contributed by atoms with E-state index >= 15 is 0 Å². The number of carbonyl (C=O) groups is 1. The zero-order chi connectivity index (χ0) is 22.3. The molecule has 0 spiro atoms. The number of hydrogen-bond acceptors (Lipinski definition) is 6. The molecule has 2 aliphatic rings. The predicted molar refractivity (Wildman–Crippen MR) is 126 cm³/mol. The maximum Gasteiger partial charge on any atom is 0.225 e. The van der Waals surface area contributed by atoms with Crippen molar-refractivity contribution < 1.29 is 19.0 Å². The summed E-state index contributed by atoms with van der Waals surface area (Å²) >= 11 is 0. The fourth-order valence-electron chi connectivity index (χ4n) is 4.10. The predicted octanol–water partition coefficient (Wildman–Crippen LogP) is 3.53. The number of amides is 1. The molecular formula is C25H33N3O4. The Morgan fingerprint density at radius 3 is 2.50 bits per heavy atom. The van der Waals surface area contributed by atoms with Gasteiger partial charge in [-0.15, -0.1) is 0 Å². The number of benzene rings is 2. The summed E-state index contributed by atoms with van der Waals surface area (Å²) in [5.41, 5.74) is 3.08. The van der Waals surface area contributed by atoms with Crippen molar-refractivity contribution in [3.05, 3.63) is 48.0 Å². The van der Waals surface area contributed by atoms with Crippen LogP contribution in [-0.4, -0.2) is 63.9 Å². The van der Waals surface area contributed by atoms with Gasteiger partial charge in [-0.3, -0.25) is 9.69 Å². The second-order valence-electron chi connectivity index (χ2n) is 8.32. The molecule has 0 atom stereocenters. The summed E-state index contributed by atoms with van der Waals surface area (Å²) in [7, 11) is 3.35. The molecule has 1 saturated heterocycles. The molecule has 2 fully saturated rings. The van der Waals surface area contributed by atoms with E-state index in [4.69, 9.17) is 14.2 Å². The number of hydrogen-bond donors (Lipinski definition) is 1. The summed E-state index contributed by atoms with van der Waals surface area (Å²) in [6.45, 7) is 4.78. The minimum Gasteiger partial charge on any atom is -0.497 e. The van der Waals surface area contributed by atoms with Crippen molar-refractivity contribution >= 4 is 17.3 Å². The van der Waals surface area contributed by atoms with Crippen LogP contribution in [0, 0.1) is 0 Å². The molecule has 1 heterocycles. The van der Waals surface area contributed by atoms with Crippen LogP contribution in [0.4, 0.5) is 11.4 Å². The average molecular weight is 440 g/mol. The van der Waals surface area contributed by atoms with Gasteiger partial charge in [0.05, 0.1) is 27.4 Å². The minimum atomic E-state index is 0.0346. The number of nitrogens with zero attached hydrogens (tertiary/aromatic N) is 2. The van der Waals surface area contributed by atoms with Crippen LogP contribution in [0.25, 0.3) is 0 Å². The molecule has 7 nitrogen and oxygen atoms in total. The lowest BCUT2D eigenvalue weighted by Crippen LogP contribution is -2.36. The summed E-state index contributed by atoms with van der Waals surface area (Å²) in [5.74, 6) is 1.70. The first kappa shape index (κ1) is 22.4. The monoisotopic (exact) mass is 439 g/mol. The van der Waals surface area contributed by atoms with E-state index in [9.17, 15) is 4.79 Å². The second-order valence-corrected chi connectivity index (χ2v) is 8.32. The van der Waals surface area contributed by atoms with Gasteiger partial charge < -0.3 is 24.4 Å². The van der Waals surface area contributed by atoms with Gasteiger partial charge in [0.2, 0.25) is 5.91 Å². The first-order valence-corrected chi connectivity index (χ1v) is 11.3. The number of carbonyl (C=O) groups excluding carboxylic acids is 1. The highest BCUT2D eigenvalue weighted by molar-refractivity contribution is 5.91. The number of methoxy groups -OCH3 is 2. The summed E-state index contributed by atoms with van der Waals surface area (Å²) in [6.07, 6.45) is 2.81. The van der Waals surface area contributed by atoms with E-state index in [1.807, 2.05) is 30.3 Å². The Bertz CT molecular complexity index is 893. The zero-order valence-electron chi connectivity index (χ0n) is 19.0. The van der Waals surface area contributed by atoms with Gasteiger partial charge in [0, 0.05) is 55.6 Å². The summed E-state index contributed by atoms with van der Waals surface area (Å²) < 4.78 is 16.3. The summed E-state index contributed by atoms with van der Waals surface area (Å²) in [6, 6.07) is 14.5. The highest BCUT2D eigenvalue weighted by Gasteiger charge is 2.29. The van der Waals surface area contributed by atoms with Crippen LogP contribution >= 0.6 is 0 Å². The number of rotatable bonds is 10. The zero-order valence-corrected chi connectivity index (χ0v) is 19.0. The van der Waals surface area contributed by atoms with Crippen molar-refractivity contribution in [3.63, 3.8) is 0 Å². The smallest absolute Gasteiger partial charge is 0.225 e. The van der Waals surface area contributed by atoms with Gasteiger partial charge in [-0.25, -0.2) is 0 Å². The second kappa shape index (κ2) is 10.7. The third-order valence-corrected chi connectivity index (χ3v) is 6.08. The van der Waals surface area contributed by atoms with E-state index in [1.54, 1.807) is 14.2 Å². The normalized spacial score (nSPS) is 16.2. The van der Waals surface area contributed by atoms with Crippen LogP contribution in [0.2, 0.25) is 0 Å². The van der Waals surface area contributed by atoms with Gasteiger partial charge in [-0.2, -0.15) is 0 Å². The van der Waals surface area contributed by atoms with Gasteiger partial charge in [-0.1, -0.05) is 0 Å². The highest BCUT2D eigenvalue weighted by atomic mass is 16.5. The van der Waals surface area contributed by atoms with E-state index in [1.165, 1.54) is 18.5 Å². The fraction of sp³-hybridized carbons (Fsp3) is 0.480. The molecule has 4 rings (SSSR count). The number of ether oxygens (including phenoxy) is 3. The molecule has 1 amide bonds. The van der Waals surface area contributed by atoms with Gasteiger partial charge in [0.15, 0.2) is 0 Å². The van der Waals surface area contributed by atoms with Crippen molar-refractivity contribution in [3.8, 4) is 11.5 Å². The van der Waals surface area contributed by atoms with Gasteiger partial charge >= 0.3 is 0 Å². The molecule has 32 heavy (non-hydrogen) atoms. The summed E-state index contributed by atoms with van der Waals surface area (Å²) in [4.78, 5) is 17.3. The quantitative estimate of drug-likeness (QED) is 0.611. The largest absolute Gasteiger partial charge is 0.497 e. The van der Waals surface area contributed by atoms with Crippen LogP contribution in [0.3, 0.4) is 0 Å². The Hall–Kier alpha value is -2.77. The van der Waals surface area contributed by atoms with Crippen molar-refractivity contribution in [2.24, 2.45) is 0 Å². The Balaban J connectivity index is 1.31. The molecule has 1 aliphatic heterocycles. The number of morpholine rings is 1. The lowest BCUT2D eigenvalue weighted by atomic mass is 10.1. The third kappa shape index (κ3) is 5.93. The Kier molecular flexibility index (Phi) is 7.50. The maximum atomic E-state index is 12.6. The number of nitrogens with one attached hydrogen (secondary N) is 1. The van der Waals surface area contributed by atoms with E-state index in [-0.39, 0.29) is 5.91 Å². The molecule has 0 unspecified atom stereocenters. The van der Waals surface area contributed by atoms with Crippen LogP contribution in [0.15, 0.2) is 42.5 Å². The topological polar surface area (TPSA) is 63.3 Å². The van der Waals surface area contributed by atoms with Crippen molar-refractivity contribution in [1.29, 1.82) is 0 Å². The van der Waals surface area contributed by atoms with Crippen molar-refractivity contribution in [2.45, 2.75) is 31.8 Å². The van der Waals surface area contributed by atoms with E-state index in [0.717, 1.165) is 55.6 Å². The van der Waals surface area contributed by atoms with Crippen LogP contribution in [-0.2, 0) is 16.1 Å².